The van der Waals surface area contributed by atoms with E-state index in [0.717, 1.165) is 49.8 Å². The number of hydrogen-bond acceptors (Lipinski definition) is 4. The molecule has 8 aromatic carbocycles. The third kappa shape index (κ3) is 4.96. The lowest BCUT2D eigenvalue weighted by Gasteiger charge is -2.14. The maximum Gasteiger partial charge on any atom is 0.164 e. The van der Waals surface area contributed by atoms with Crippen molar-refractivity contribution in [2.45, 2.75) is 0 Å². The molecule has 0 unspecified atom stereocenters. The lowest BCUT2D eigenvalue weighted by atomic mass is 9.91. The van der Waals surface area contributed by atoms with Gasteiger partial charge in [-0.25, -0.2) is 15.0 Å². The first-order chi connectivity index (χ1) is 25.3. The first-order valence-electron chi connectivity index (χ1n) is 17.1. The van der Waals surface area contributed by atoms with Crippen LogP contribution in [0.15, 0.2) is 180 Å². The van der Waals surface area contributed by atoms with Crippen LogP contribution in [0, 0.1) is 0 Å². The standard InChI is InChI=1S/C47H29N3O/c1-3-13-30(14-4-1)36-21-11-17-32-27-25-31-26-28-34(29-40(31)43(32)36)35-18-7-8-19-37(35)46-48-45(33-15-5-2-6-16-33)49-47(50-46)39-22-12-24-42-44(39)38-20-9-10-23-41(38)51-42/h1-29H. The van der Waals surface area contributed by atoms with Crippen LogP contribution < -0.4 is 0 Å². The highest BCUT2D eigenvalue weighted by Crippen LogP contribution is 2.40. The van der Waals surface area contributed by atoms with E-state index < -0.39 is 0 Å². The SMILES string of the molecule is c1ccc(-c2nc(-c3ccccc3-c3ccc4ccc5cccc(-c6ccccc6)c5c4c3)nc(-c3cccc4oc5ccccc5c34)n2)cc1. The molecule has 0 aliphatic heterocycles. The average Bonchev–Trinajstić information content (AvgIpc) is 3.60. The fourth-order valence-corrected chi connectivity index (χ4v) is 7.36. The Morgan fingerprint density at radius 1 is 0.314 bits per heavy atom. The van der Waals surface area contributed by atoms with E-state index >= 15 is 0 Å². The van der Waals surface area contributed by atoms with E-state index in [9.17, 15) is 0 Å². The first kappa shape index (κ1) is 29.0. The fraction of sp³-hybridized carbons (Fsp3) is 0. The van der Waals surface area contributed by atoms with Crippen molar-refractivity contribution in [3.8, 4) is 56.4 Å². The first-order valence-corrected chi connectivity index (χ1v) is 17.1. The Morgan fingerprint density at radius 3 is 1.75 bits per heavy atom. The molecule has 0 radical (unpaired) electrons. The molecule has 2 heterocycles. The molecule has 0 aliphatic carbocycles. The van der Waals surface area contributed by atoms with Crippen molar-refractivity contribution in [2.24, 2.45) is 0 Å². The highest BCUT2D eigenvalue weighted by molar-refractivity contribution is 6.15. The van der Waals surface area contributed by atoms with Gasteiger partial charge in [0.1, 0.15) is 11.2 Å². The predicted octanol–water partition coefficient (Wildman–Crippen LogP) is 12.4. The van der Waals surface area contributed by atoms with Crippen molar-refractivity contribution in [1.29, 1.82) is 0 Å². The zero-order chi connectivity index (χ0) is 33.7. The Kier molecular flexibility index (Phi) is 6.78. The summed E-state index contributed by atoms with van der Waals surface area (Å²) >= 11 is 0. The van der Waals surface area contributed by atoms with Crippen LogP contribution in [0.5, 0.6) is 0 Å². The maximum atomic E-state index is 6.25. The van der Waals surface area contributed by atoms with Gasteiger partial charge in [-0.2, -0.15) is 0 Å². The van der Waals surface area contributed by atoms with Crippen LogP contribution >= 0.6 is 0 Å². The van der Waals surface area contributed by atoms with E-state index in [1.54, 1.807) is 0 Å². The Balaban J connectivity index is 1.20. The monoisotopic (exact) mass is 651 g/mol. The summed E-state index contributed by atoms with van der Waals surface area (Å²) in [6.45, 7) is 0. The summed E-state index contributed by atoms with van der Waals surface area (Å²) in [5.74, 6) is 1.83. The molecule has 0 fully saturated rings. The van der Waals surface area contributed by atoms with Crippen molar-refractivity contribution < 1.29 is 4.42 Å². The van der Waals surface area contributed by atoms with Crippen LogP contribution in [0.2, 0.25) is 0 Å². The molecule has 0 bridgehead atoms. The van der Waals surface area contributed by atoms with Gasteiger partial charge in [0.15, 0.2) is 17.5 Å². The summed E-state index contributed by atoms with van der Waals surface area (Å²) in [5, 5.41) is 6.89. The molecule has 238 valence electrons. The summed E-state index contributed by atoms with van der Waals surface area (Å²) in [4.78, 5) is 15.4. The van der Waals surface area contributed by atoms with Crippen molar-refractivity contribution in [3.05, 3.63) is 176 Å². The third-order valence-electron chi connectivity index (χ3n) is 9.74. The summed E-state index contributed by atoms with van der Waals surface area (Å²) in [7, 11) is 0. The molecule has 0 saturated carbocycles. The molecule has 0 saturated heterocycles. The minimum atomic E-state index is 0.600. The van der Waals surface area contributed by atoms with E-state index in [4.69, 9.17) is 19.4 Å². The molecule has 0 N–H and O–H groups in total. The number of hydrogen-bond donors (Lipinski definition) is 0. The third-order valence-corrected chi connectivity index (χ3v) is 9.74. The summed E-state index contributed by atoms with van der Waals surface area (Å²) in [5.41, 5.74) is 8.98. The van der Waals surface area contributed by atoms with Crippen LogP contribution in [0.3, 0.4) is 0 Å². The largest absolute Gasteiger partial charge is 0.456 e. The van der Waals surface area contributed by atoms with E-state index in [0.29, 0.717) is 17.5 Å². The van der Waals surface area contributed by atoms with Gasteiger partial charge in [0.2, 0.25) is 0 Å². The van der Waals surface area contributed by atoms with Crippen LogP contribution in [-0.2, 0) is 0 Å². The lowest BCUT2D eigenvalue weighted by molar-refractivity contribution is 0.669. The zero-order valence-electron chi connectivity index (χ0n) is 27.5. The number of furan rings is 1. The minimum Gasteiger partial charge on any atom is -0.456 e. The summed E-state index contributed by atoms with van der Waals surface area (Å²) < 4.78 is 6.25. The Labute approximate surface area is 294 Å². The number of rotatable bonds is 5. The molecule has 0 spiro atoms. The minimum absolute atomic E-state index is 0.600. The van der Waals surface area contributed by atoms with Crippen LogP contribution in [0.25, 0.3) is 99.9 Å². The molecule has 0 aliphatic rings. The van der Waals surface area contributed by atoms with E-state index in [2.05, 4.69) is 115 Å². The number of aromatic nitrogens is 3. The second-order valence-electron chi connectivity index (χ2n) is 12.8. The number of benzene rings is 8. The van der Waals surface area contributed by atoms with Crippen molar-refractivity contribution in [1.82, 2.24) is 15.0 Å². The number of para-hydroxylation sites is 1. The quantitative estimate of drug-likeness (QED) is 0.174. The van der Waals surface area contributed by atoms with Gasteiger partial charge in [0, 0.05) is 27.5 Å². The maximum absolute atomic E-state index is 6.25. The molecule has 2 aromatic heterocycles. The number of nitrogens with zero attached hydrogens (tertiary/aromatic N) is 3. The average molecular weight is 652 g/mol. The second kappa shape index (κ2) is 11.9. The second-order valence-corrected chi connectivity index (χ2v) is 12.8. The van der Waals surface area contributed by atoms with E-state index in [1.807, 2.05) is 60.7 Å². The molecule has 10 rings (SSSR count). The smallest absolute Gasteiger partial charge is 0.164 e. The van der Waals surface area contributed by atoms with Gasteiger partial charge in [-0.05, 0) is 62.0 Å². The molecule has 10 aromatic rings. The molecular formula is C47H29N3O. The Hall–Kier alpha value is -6.91. The van der Waals surface area contributed by atoms with E-state index in [1.165, 1.54) is 32.7 Å². The Bertz CT molecular complexity index is 2910. The highest BCUT2D eigenvalue weighted by atomic mass is 16.3. The van der Waals surface area contributed by atoms with Gasteiger partial charge in [-0.1, -0.05) is 158 Å². The number of fused-ring (bicyclic) bond motifs is 6. The van der Waals surface area contributed by atoms with Crippen LogP contribution in [0.4, 0.5) is 0 Å². The van der Waals surface area contributed by atoms with Crippen molar-refractivity contribution in [3.63, 3.8) is 0 Å². The van der Waals surface area contributed by atoms with Gasteiger partial charge in [-0.15, -0.1) is 0 Å². The molecular weight excluding hydrogens is 623 g/mol. The van der Waals surface area contributed by atoms with Crippen molar-refractivity contribution in [2.75, 3.05) is 0 Å². The van der Waals surface area contributed by atoms with Crippen LogP contribution in [0.1, 0.15) is 0 Å². The van der Waals surface area contributed by atoms with Crippen molar-refractivity contribution >= 4 is 43.5 Å². The molecule has 0 amide bonds. The fourth-order valence-electron chi connectivity index (χ4n) is 7.36. The zero-order valence-corrected chi connectivity index (χ0v) is 27.5. The molecule has 4 nitrogen and oxygen atoms in total. The van der Waals surface area contributed by atoms with Gasteiger partial charge < -0.3 is 4.42 Å². The molecule has 51 heavy (non-hydrogen) atoms. The Morgan fingerprint density at radius 2 is 0.902 bits per heavy atom. The van der Waals surface area contributed by atoms with E-state index in [-0.39, 0.29) is 0 Å². The highest BCUT2D eigenvalue weighted by Gasteiger charge is 2.19. The van der Waals surface area contributed by atoms with Crippen LogP contribution in [-0.4, -0.2) is 15.0 Å². The van der Waals surface area contributed by atoms with Gasteiger partial charge in [0.25, 0.3) is 0 Å². The molecule has 4 heteroatoms. The van der Waals surface area contributed by atoms with Gasteiger partial charge in [0.05, 0.1) is 0 Å². The summed E-state index contributed by atoms with van der Waals surface area (Å²) in [6.07, 6.45) is 0. The van der Waals surface area contributed by atoms with Gasteiger partial charge in [-0.3, -0.25) is 0 Å². The lowest BCUT2D eigenvalue weighted by Crippen LogP contribution is -2.01. The molecule has 0 atom stereocenters. The normalized spacial score (nSPS) is 11.5. The topological polar surface area (TPSA) is 51.8 Å². The predicted molar refractivity (Wildman–Crippen MR) is 209 cm³/mol. The summed E-state index contributed by atoms with van der Waals surface area (Å²) in [6, 6.07) is 61.1. The van der Waals surface area contributed by atoms with Gasteiger partial charge >= 0.3 is 0 Å².